The smallest absolute Gasteiger partial charge is 0.252 e. The summed E-state index contributed by atoms with van der Waals surface area (Å²) in [6, 6.07) is 1.79. The number of nitrogens with zero attached hydrogens (tertiary/aromatic N) is 1. The van der Waals surface area contributed by atoms with Gasteiger partial charge in [0.05, 0.1) is 0 Å². The quantitative estimate of drug-likeness (QED) is 0.833. The molecule has 0 saturated carbocycles. The average molecular weight is 309 g/mol. The molecule has 1 atom stereocenters. The molecule has 1 aliphatic heterocycles. The predicted octanol–water partition coefficient (Wildman–Crippen LogP) is 1.33. The van der Waals surface area contributed by atoms with Gasteiger partial charge < -0.3 is 15.5 Å². The van der Waals surface area contributed by atoms with Crippen LogP contribution in [0, 0.1) is 5.92 Å². The normalized spacial score (nSPS) is 18.5. The highest BCUT2D eigenvalue weighted by molar-refractivity contribution is 7.08. The first-order chi connectivity index (χ1) is 10.2. The molecule has 2 amide bonds. The van der Waals surface area contributed by atoms with Crippen LogP contribution in [0.2, 0.25) is 0 Å². The van der Waals surface area contributed by atoms with E-state index in [1.54, 1.807) is 6.07 Å². The van der Waals surface area contributed by atoms with E-state index in [-0.39, 0.29) is 11.8 Å². The van der Waals surface area contributed by atoms with E-state index in [1.807, 2.05) is 22.7 Å². The Hall–Kier alpha value is -1.40. The lowest BCUT2D eigenvalue weighted by atomic mass is 9.98. The number of carbonyl (C=O) groups excluding carboxylic acids is 2. The first-order valence-electron chi connectivity index (χ1n) is 7.43. The fourth-order valence-corrected chi connectivity index (χ4v) is 3.32. The number of thiophene rings is 1. The van der Waals surface area contributed by atoms with Crippen molar-refractivity contribution < 1.29 is 9.59 Å². The van der Waals surface area contributed by atoms with E-state index in [4.69, 9.17) is 0 Å². The number of amides is 2. The number of hydrogen-bond acceptors (Lipinski definition) is 4. The third kappa shape index (κ3) is 4.82. The van der Waals surface area contributed by atoms with Crippen molar-refractivity contribution in [2.24, 2.45) is 5.92 Å². The lowest BCUT2D eigenvalue weighted by Crippen LogP contribution is -2.43. The first kappa shape index (κ1) is 16.0. The third-order valence-corrected chi connectivity index (χ3v) is 4.46. The molecule has 116 valence electrons. The van der Waals surface area contributed by atoms with Gasteiger partial charge in [-0.05, 0) is 43.8 Å². The van der Waals surface area contributed by atoms with E-state index < -0.39 is 0 Å². The Balaban J connectivity index is 1.70. The van der Waals surface area contributed by atoms with Crippen LogP contribution in [0.4, 0.5) is 0 Å². The maximum atomic E-state index is 12.2. The highest BCUT2D eigenvalue weighted by Crippen LogP contribution is 2.16. The molecular weight excluding hydrogens is 286 g/mol. The van der Waals surface area contributed by atoms with Crippen molar-refractivity contribution in [3.8, 4) is 0 Å². The van der Waals surface area contributed by atoms with Crippen LogP contribution in [0.15, 0.2) is 16.8 Å². The van der Waals surface area contributed by atoms with Gasteiger partial charge in [0.2, 0.25) is 5.91 Å². The summed E-state index contributed by atoms with van der Waals surface area (Å²) in [7, 11) is 1.95. The molecule has 2 N–H and O–H groups in total. The summed E-state index contributed by atoms with van der Waals surface area (Å²) < 4.78 is 0. The number of nitrogens with one attached hydrogen (secondary N) is 2. The highest BCUT2D eigenvalue weighted by Gasteiger charge is 2.22. The van der Waals surface area contributed by atoms with Crippen LogP contribution >= 0.6 is 11.3 Å². The summed E-state index contributed by atoms with van der Waals surface area (Å²) in [6.07, 6.45) is 2.63. The van der Waals surface area contributed by atoms with Crippen LogP contribution in [0.3, 0.4) is 0 Å². The molecule has 6 heteroatoms. The first-order valence-corrected chi connectivity index (χ1v) is 8.37. The van der Waals surface area contributed by atoms with E-state index in [0.29, 0.717) is 24.4 Å². The molecule has 1 aromatic rings. The molecule has 2 rings (SSSR count). The second kappa shape index (κ2) is 8.14. The second-order valence-electron chi connectivity index (χ2n) is 5.42. The zero-order chi connectivity index (χ0) is 15.1. The monoisotopic (exact) mass is 309 g/mol. The average Bonchev–Trinajstić information content (AvgIpc) is 3.02. The van der Waals surface area contributed by atoms with Crippen LogP contribution in [-0.2, 0) is 4.79 Å². The van der Waals surface area contributed by atoms with Crippen molar-refractivity contribution in [3.05, 3.63) is 22.4 Å². The van der Waals surface area contributed by atoms with Gasteiger partial charge >= 0.3 is 0 Å². The van der Waals surface area contributed by atoms with Crippen LogP contribution in [0.5, 0.6) is 0 Å². The van der Waals surface area contributed by atoms with Crippen LogP contribution in [-0.4, -0.2) is 49.9 Å². The van der Waals surface area contributed by atoms with Crippen molar-refractivity contribution in [3.63, 3.8) is 0 Å². The molecule has 1 saturated heterocycles. The lowest BCUT2D eigenvalue weighted by molar-refractivity contribution is -0.132. The molecule has 0 radical (unpaired) electrons. The van der Waals surface area contributed by atoms with Gasteiger partial charge in [-0.25, -0.2) is 0 Å². The Labute approximate surface area is 129 Å². The van der Waals surface area contributed by atoms with Gasteiger partial charge in [-0.2, -0.15) is 11.3 Å². The molecular formula is C15H23N3O2S. The van der Waals surface area contributed by atoms with Crippen LogP contribution in [0.25, 0.3) is 0 Å². The van der Waals surface area contributed by atoms with Gasteiger partial charge in [0.25, 0.3) is 5.91 Å². The Kier molecular flexibility index (Phi) is 6.20. The van der Waals surface area contributed by atoms with E-state index in [0.717, 1.165) is 26.1 Å². The molecule has 0 spiro atoms. The number of rotatable bonds is 6. The minimum atomic E-state index is -0.101. The number of piperidine rings is 1. The van der Waals surface area contributed by atoms with E-state index >= 15 is 0 Å². The van der Waals surface area contributed by atoms with Crippen LogP contribution < -0.4 is 10.6 Å². The van der Waals surface area contributed by atoms with E-state index in [2.05, 4.69) is 10.6 Å². The number of carbonyl (C=O) groups is 2. The van der Waals surface area contributed by atoms with Crippen LogP contribution in [0.1, 0.15) is 29.6 Å². The zero-order valence-electron chi connectivity index (χ0n) is 12.4. The van der Waals surface area contributed by atoms with Gasteiger partial charge in [-0.1, -0.05) is 0 Å². The summed E-state index contributed by atoms with van der Waals surface area (Å²) in [5, 5.41) is 9.66. The zero-order valence-corrected chi connectivity index (χ0v) is 13.2. The van der Waals surface area contributed by atoms with Gasteiger partial charge in [0.15, 0.2) is 0 Å². The topological polar surface area (TPSA) is 61.4 Å². The summed E-state index contributed by atoms with van der Waals surface area (Å²) in [6.45, 7) is 3.04. The largest absolute Gasteiger partial charge is 0.351 e. The predicted molar refractivity (Wildman–Crippen MR) is 84.5 cm³/mol. The molecule has 1 fully saturated rings. The maximum Gasteiger partial charge on any atom is 0.252 e. The third-order valence-electron chi connectivity index (χ3n) is 3.77. The summed E-state index contributed by atoms with van der Waals surface area (Å²) >= 11 is 1.49. The van der Waals surface area contributed by atoms with Gasteiger partial charge in [-0.15, -0.1) is 0 Å². The summed E-state index contributed by atoms with van der Waals surface area (Å²) in [4.78, 5) is 25.9. The van der Waals surface area contributed by atoms with E-state index in [1.165, 1.54) is 17.8 Å². The highest BCUT2D eigenvalue weighted by atomic mass is 32.1. The second-order valence-corrected chi connectivity index (χ2v) is 6.20. The fourth-order valence-electron chi connectivity index (χ4n) is 2.68. The SMILES string of the molecule is CNCC1CCCN(C(=O)CCNC(=O)c2ccsc2)C1. The Bertz CT molecular complexity index is 459. The molecule has 1 aromatic heterocycles. The summed E-state index contributed by atoms with van der Waals surface area (Å²) in [5.41, 5.74) is 0.666. The molecule has 5 nitrogen and oxygen atoms in total. The van der Waals surface area contributed by atoms with Crippen molar-refractivity contribution in [1.82, 2.24) is 15.5 Å². The van der Waals surface area contributed by atoms with Gasteiger partial charge in [0, 0.05) is 37.0 Å². The van der Waals surface area contributed by atoms with Crippen molar-refractivity contribution >= 4 is 23.2 Å². The Morgan fingerprint density at radius 2 is 2.33 bits per heavy atom. The number of likely N-dealkylation sites (tertiary alicyclic amines) is 1. The van der Waals surface area contributed by atoms with E-state index in [9.17, 15) is 9.59 Å². The minimum absolute atomic E-state index is 0.101. The molecule has 2 heterocycles. The number of hydrogen-bond donors (Lipinski definition) is 2. The standard InChI is InChI=1S/C15H23N3O2S/c1-16-9-12-3-2-7-18(10-12)14(19)4-6-17-15(20)13-5-8-21-11-13/h5,8,11-12,16H,2-4,6-7,9-10H2,1H3,(H,17,20). The molecule has 0 aromatic carbocycles. The fraction of sp³-hybridized carbons (Fsp3) is 0.600. The maximum absolute atomic E-state index is 12.2. The van der Waals surface area contributed by atoms with Gasteiger partial charge in [-0.3, -0.25) is 9.59 Å². The molecule has 1 unspecified atom stereocenters. The Morgan fingerprint density at radius 3 is 3.05 bits per heavy atom. The minimum Gasteiger partial charge on any atom is -0.351 e. The molecule has 0 bridgehead atoms. The molecule has 0 aliphatic carbocycles. The Morgan fingerprint density at radius 1 is 1.48 bits per heavy atom. The lowest BCUT2D eigenvalue weighted by Gasteiger charge is -2.32. The van der Waals surface area contributed by atoms with Gasteiger partial charge in [0.1, 0.15) is 0 Å². The summed E-state index contributed by atoms with van der Waals surface area (Å²) in [5.74, 6) is 0.588. The van der Waals surface area contributed by atoms with Crippen molar-refractivity contribution in [1.29, 1.82) is 0 Å². The molecule has 1 aliphatic rings. The van der Waals surface area contributed by atoms with Crippen molar-refractivity contribution in [2.45, 2.75) is 19.3 Å². The molecule has 21 heavy (non-hydrogen) atoms. The van der Waals surface area contributed by atoms with Crippen molar-refractivity contribution in [2.75, 3.05) is 33.2 Å².